The van der Waals surface area contributed by atoms with Crippen molar-refractivity contribution in [3.8, 4) is 0 Å². The third-order valence-electron chi connectivity index (χ3n) is 6.58. The van der Waals surface area contributed by atoms with Crippen molar-refractivity contribution in [2.24, 2.45) is 11.7 Å². The minimum Gasteiger partial charge on any atom is -0.352 e. The van der Waals surface area contributed by atoms with E-state index in [1.807, 2.05) is 0 Å². The normalized spacial score (nSPS) is 46.0. The minimum atomic E-state index is -2.51. The van der Waals surface area contributed by atoms with Crippen LogP contribution in [-0.2, 0) is 25.6 Å². The fourth-order valence-corrected chi connectivity index (χ4v) is 12.3. The molecule has 4 rings (SSSR count). The molecule has 0 spiro atoms. The van der Waals surface area contributed by atoms with Crippen LogP contribution in [0.2, 0.25) is 0 Å². The Morgan fingerprint density at radius 3 is 3.00 bits per heavy atom. The summed E-state index contributed by atoms with van der Waals surface area (Å²) in [7, 11) is 0. The predicted molar refractivity (Wildman–Crippen MR) is 123 cm³/mol. The van der Waals surface area contributed by atoms with E-state index in [0.29, 0.717) is 12.3 Å². The van der Waals surface area contributed by atoms with Gasteiger partial charge in [0.05, 0.1) is 24.5 Å². The zero-order chi connectivity index (χ0) is 21.7. The zero-order valence-electron chi connectivity index (χ0n) is 17.8. The molecule has 3 heterocycles. The van der Waals surface area contributed by atoms with Gasteiger partial charge in [-0.25, -0.2) is 4.79 Å². The standard InChI is InChI=1S/C20H32N3O4PS2/c1-5-14-15(11-18(25-14)23-9-7-17(21)22-19(23)24)26-28(29)27-16-10-13(12(2)3)6-8-20(16,4)30-28/h7,9,13-18H,2,5-6,8,10-11,21H2,1,3-4H3,(H,22,24)/t13-,14-,15+,16+,17?,18-,20+,28+/m1/s1. The summed E-state index contributed by atoms with van der Waals surface area (Å²) in [6.45, 7) is 10.6. The molecule has 1 unspecified atom stereocenters. The lowest BCUT2D eigenvalue weighted by Gasteiger charge is -2.37. The Kier molecular flexibility index (Phi) is 6.45. The van der Waals surface area contributed by atoms with E-state index in [0.717, 1.165) is 25.7 Å². The van der Waals surface area contributed by atoms with Crippen molar-refractivity contribution >= 4 is 34.9 Å². The van der Waals surface area contributed by atoms with Gasteiger partial charge >= 0.3 is 6.03 Å². The monoisotopic (exact) mass is 473 g/mol. The van der Waals surface area contributed by atoms with Crippen molar-refractivity contribution in [2.45, 2.75) is 88.3 Å². The summed E-state index contributed by atoms with van der Waals surface area (Å²) >= 11 is 7.68. The maximum Gasteiger partial charge on any atom is 0.325 e. The van der Waals surface area contributed by atoms with Crippen molar-refractivity contribution in [1.82, 2.24) is 10.2 Å². The van der Waals surface area contributed by atoms with Gasteiger partial charge in [-0.05, 0) is 63.3 Å². The number of nitrogens with two attached hydrogens (primary N) is 1. The third kappa shape index (κ3) is 4.40. The molecule has 0 bridgehead atoms. The number of carbonyl (C=O) groups excluding carboxylic acids is 1. The van der Waals surface area contributed by atoms with Gasteiger partial charge in [-0.15, -0.1) is 0 Å². The number of rotatable bonds is 5. The smallest absolute Gasteiger partial charge is 0.325 e. The number of hydrogen-bond donors (Lipinski definition) is 2. The molecule has 3 fully saturated rings. The van der Waals surface area contributed by atoms with Crippen LogP contribution in [0.4, 0.5) is 4.79 Å². The summed E-state index contributed by atoms with van der Waals surface area (Å²) in [4.78, 5) is 13.9. The van der Waals surface area contributed by atoms with E-state index < -0.39 is 18.1 Å². The van der Waals surface area contributed by atoms with Gasteiger partial charge in [0.1, 0.15) is 6.23 Å². The number of ether oxygens (including phenoxy) is 1. The highest BCUT2D eigenvalue weighted by atomic mass is 32.9. The highest BCUT2D eigenvalue weighted by Gasteiger charge is 2.55. The second-order valence-electron chi connectivity index (χ2n) is 8.90. The van der Waals surface area contributed by atoms with Crippen LogP contribution in [0.15, 0.2) is 24.4 Å². The van der Waals surface area contributed by atoms with E-state index in [1.165, 1.54) is 5.57 Å². The van der Waals surface area contributed by atoms with Gasteiger partial charge < -0.3 is 24.8 Å². The van der Waals surface area contributed by atoms with Crippen LogP contribution in [0.1, 0.15) is 52.9 Å². The molecule has 1 aliphatic carbocycles. The summed E-state index contributed by atoms with van der Waals surface area (Å²) in [5.41, 5.74) is 4.46. The van der Waals surface area contributed by atoms with Gasteiger partial charge in [-0.3, -0.25) is 4.90 Å². The second-order valence-corrected chi connectivity index (χ2v) is 15.5. The van der Waals surface area contributed by atoms with Crippen LogP contribution in [0, 0.1) is 5.92 Å². The van der Waals surface area contributed by atoms with E-state index in [2.05, 4.69) is 32.7 Å². The van der Waals surface area contributed by atoms with Crippen molar-refractivity contribution in [3.63, 3.8) is 0 Å². The van der Waals surface area contributed by atoms with Crippen molar-refractivity contribution in [1.29, 1.82) is 0 Å². The Bertz CT molecular complexity index is 796. The molecule has 168 valence electrons. The molecule has 0 aromatic heterocycles. The number of fused-ring (bicyclic) bond motifs is 1. The fraction of sp³-hybridized carbons (Fsp3) is 0.750. The number of carbonyl (C=O) groups is 1. The second kappa shape index (κ2) is 8.50. The molecule has 10 heteroatoms. The highest BCUT2D eigenvalue weighted by molar-refractivity contribution is 8.68. The molecule has 0 aromatic carbocycles. The van der Waals surface area contributed by atoms with Gasteiger partial charge in [-0.1, -0.05) is 30.5 Å². The highest BCUT2D eigenvalue weighted by Crippen LogP contribution is 2.76. The number of allylic oxidation sites excluding steroid dienone is 1. The summed E-state index contributed by atoms with van der Waals surface area (Å²) in [6.07, 6.45) is 6.80. The summed E-state index contributed by atoms with van der Waals surface area (Å²) in [6, 6.07) is -0.260. The Morgan fingerprint density at radius 1 is 1.57 bits per heavy atom. The van der Waals surface area contributed by atoms with Gasteiger partial charge in [-0.2, -0.15) is 0 Å². The molecule has 3 aliphatic heterocycles. The maximum atomic E-state index is 12.3. The molecule has 2 saturated heterocycles. The molecular weight excluding hydrogens is 441 g/mol. The fourth-order valence-electron chi connectivity index (χ4n) is 4.69. The van der Waals surface area contributed by atoms with E-state index in [1.54, 1.807) is 28.6 Å². The number of hydrogen-bond acceptors (Lipinski definition) is 7. The van der Waals surface area contributed by atoms with Gasteiger partial charge in [0, 0.05) is 17.4 Å². The van der Waals surface area contributed by atoms with Gasteiger partial charge in [0.25, 0.3) is 0 Å². The lowest BCUT2D eigenvalue weighted by molar-refractivity contribution is -0.0311. The molecule has 0 radical (unpaired) electrons. The Hall–Kier alpha value is -0.410. The number of urea groups is 1. The number of amides is 2. The Morgan fingerprint density at radius 2 is 2.33 bits per heavy atom. The van der Waals surface area contributed by atoms with Crippen molar-refractivity contribution < 1.29 is 18.6 Å². The van der Waals surface area contributed by atoms with Crippen LogP contribution in [0.5, 0.6) is 0 Å². The van der Waals surface area contributed by atoms with E-state index in [9.17, 15) is 4.79 Å². The van der Waals surface area contributed by atoms with Crippen LogP contribution in [0.25, 0.3) is 0 Å². The molecule has 1 saturated carbocycles. The van der Waals surface area contributed by atoms with Crippen LogP contribution in [0.3, 0.4) is 0 Å². The average molecular weight is 474 g/mol. The minimum absolute atomic E-state index is 0.00627. The lowest BCUT2D eigenvalue weighted by atomic mass is 9.77. The number of nitrogens with one attached hydrogen (secondary N) is 1. The summed E-state index contributed by atoms with van der Waals surface area (Å²) < 4.78 is 19.1. The molecule has 30 heavy (non-hydrogen) atoms. The summed E-state index contributed by atoms with van der Waals surface area (Å²) in [5.74, 6) is 0.489. The van der Waals surface area contributed by atoms with E-state index in [4.69, 9.17) is 31.3 Å². The molecule has 2 amide bonds. The average Bonchev–Trinajstić information content (AvgIpc) is 3.17. The summed E-state index contributed by atoms with van der Waals surface area (Å²) in [5, 5.41) is 2.69. The predicted octanol–water partition coefficient (Wildman–Crippen LogP) is 4.21. The first-order valence-corrected chi connectivity index (χ1v) is 14.7. The SMILES string of the molecule is C=C(C)[C@@H]1CC[C@]2(C)S[P@@](=S)(O[C@H]3C[C@H](N4C=CC(N)NC4=O)O[C@@H]3CC)O[C@H]2C1. The first kappa shape index (κ1) is 22.8. The third-order valence-corrected chi connectivity index (χ3v) is 12.4. The van der Waals surface area contributed by atoms with Crippen molar-refractivity contribution in [3.05, 3.63) is 24.4 Å². The first-order valence-electron chi connectivity index (χ1n) is 10.6. The maximum absolute atomic E-state index is 12.3. The van der Waals surface area contributed by atoms with Crippen LogP contribution in [-0.4, -0.2) is 46.4 Å². The molecule has 0 aromatic rings. The Labute approximate surface area is 188 Å². The molecule has 8 atom stereocenters. The van der Waals surface area contributed by atoms with E-state index in [-0.39, 0.29) is 29.1 Å². The number of nitrogens with zero attached hydrogens (tertiary/aromatic N) is 1. The first-order chi connectivity index (χ1) is 14.1. The van der Waals surface area contributed by atoms with Crippen LogP contribution < -0.4 is 11.1 Å². The Balaban J connectivity index is 1.44. The van der Waals surface area contributed by atoms with E-state index >= 15 is 0 Å². The van der Waals surface area contributed by atoms with Crippen LogP contribution >= 0.6 is 17.1 Å². The van der Waals surface area contributed by atoms with Gasteiger partial charge in [0.15, 0.2) is 0 Å². The molecular formula is C20H32N3O4PS2. The quantitative estimate of drug-likeness (QED) is 0.457. The van der Waals surface area contributed by atoms with Gasteiger partial charge in [0.2, 0.25) is 5.69 Å². The lowest BCUT2D eigenvalue weighted by Crippen LogP contribution is -2.52. The zero-order valence-corrected chi connectivity index (χ0v) is 20.3. The largest absolute Gasteiger partial charge is 0.352 e. The molecule has 3 N–H and O–H groups in total. The molecule has 7 nitrogen and oxygen atoms in total. The molecule has 4 aliphatic rings. The van der Waals surface area contributed by atoms with Crippen molar-refractivity contribution in [2.75, 3.05) is 0 Å². The topological polar surface area (TPSA) is 86.1 Å².